The predicted molar refractivity (Wildman–Crippen MR) is 70.4 cm³/mol. The molecule has 0 bridgehead atoms. The van der Waals surface area contributed by atoms with Crippen molar-refractivity contribution < 1.29 is 4.74 Å². The van der Waals surface area contributed by atoms with Gasteiger partial charge < -0.3 is 10.1 Å². The molecule has 1 N–H and O–H groups in total. The summed E-state index contributed by atoms with van der Waals surface area (Å²) in [5.41, 5.74) is 2.50. The van der Waals surface area contributed by atoms with E-state index >= 15 is 0 Å². The van der Waals surface area contributed by atoms with Gasteiger partial charge in [-0.05, 0) is 24.6 Å². The highest BCUT2D eigenvalue weighted by Crippen LogP contribution is 2.32. The van der Waals surface area contributed by atoms with Gasteiger partial charge in [0.2, 0.25) is 0 Å². The van der Waals surface area contributed by atoms with Crippen molar-refractivity contribution in [1.29, 1.82) is 0 Å². The van der Waals surface area contributed by atoms with Gasteiger partial charge in [-0.15, -0.1) is 11.6 Å². The summed E-state index contributed by atoms with van der Waals surface area (Å²) in [5, 5.41) is 3.37. The third kappa shape index (κ3) is 2.70. The van der Waals surface area contributed by atoms with Gasteiger partial charge in [0.1, 0.15) is 5.75 Å². The minimum Gasteiger partial charge on any atom is -0.493 e. The van der Waals surface area contributed by atoms with Gasteiger partial charge in [0.05, 0.1) is 6.61 Å². The fourth-order valence-corrected chi connectivity index (χ4v) is 2.48. The lowest BCUT2D eigenvalue weighted by molar-refractivity contribution is 0.352. The maximum absolute atomic E-state index is 5.76. The van der Waals surface area contributed by atoms with Gasteiger partial charge in [-0.25, -0.2) is 0 Å². The zero-order valence-corrected chi connectivity index (χ0v) is 11.6. The number of ether oxygens (including phenoxy) is 1. The standard InChI is InChI=1S/C12H15BrClNO/c1-8(6-14)15-7-10-5-11(13)4-9-2-3-16-12(9)10/h4-5,8,15H,2-3,6-7H2,1H3. The molecule has 4 heteroatoms. The smallest absolute Gasteiger partial charge is 0.127 e. The molecule has 1 aliphatic rings. The summed E-state index contributed by atoms with van der Waals surface area (Å²) in [7, 11) is 0. The van der Waals surface area contributed by atoms with Gasteiger partial charge in [-0.2, -0.15) is 0 Å². The Kier molecular flexibility index (Phi) is 4.11. The zero-order chi connectivity index (χ0) is 11.5. The minimum absolute atomic E-state index is 0.317. The molecule has 0 aliphatic carbocycles. The topological polar surface area (TPSA) is 21.3 Å². The first-order chi connectivity index (χ1) is 7.70. The first kappa shape index (κ1) is 12.2. The van der Waals surface area contributed by atoms with E-state index < -0.39 is 0 Å². The van der Waals surface area contributed by atoms with Crippen molar-refractivity contribution in [3.05, 3.63) is 27.7 Å². The van der Waals surface area contributed by atoms with Gasteiger partial charge in [0.25, 0.3) is 0 Å². The van der Waals surface area contributed by atoms with Crippen molar-refractivity contribution >= 4 is 27.5 Å². The molecule has 2 nitrogen and oxygen atoms in total. The van der Waals surface area contributed by atoms with Crippen molar-refractivity contribution in [1.82, 2.24) is 5.32 Å². The Labute approximate surface area is 109 Å². The van der Waals surface area contributed by atoms with Crippen LogP contribution in [0.15, 0.2) is 16.6 Å². The highest BCUT2D eigenvalue weighted by Gasteiger charge is 2.17. The van der Waals surface area contributed by atoms with E-state index in [-0.39, 0.29) is 0 Å². The fourth-order valence-electron chi connectivity index (χ4n) is 1.82. The number of fused-ring (bicyclic) bond motifs is 1. The molecule has 1 aliphatic heterocycles. The summed E-state index contributed by atoms with van der Waals surface area (Å²) in [4.78, 5) is 0. The normalized spacial score (nSPS) is 15.7. The van der Waals surface area contributed by atoms with E-state index in [4.69, 9.17) is 16.3 Å². The molecule has 0 radical (unpaired) electrons. The van der Waals surface area contributed by atoms with E-state index in [2.05, 4.69) is 40.3 Å². The molecule has 1 atom stereocenters. The second-order valence-corrected chi connectivity index (χ2v) is 5.31. The third-order valence-corrected chi connectivity index (χ3v) is 3.62. The van der Waals surface area contributed by atoms with Crippen LogP contribution in [0.2, 0.25) is 0 Å². The van der Waals surface area contributed by atoms with Crippen LogP contribution in [-0.4, -0.2) is 18.5 Å². The Bertz CT molecular complexity index is 384. The average molecular weight is 305 g/mol. The quantitative estimate of drug-likeness (QED) is 0.863. The van der Waals surface area contributed by atoms with Gasteiger partial charge in [0.15, 0.2) is 0 Å². The molecular formula is C12H15BrClNO. The molecule has 1 aromatic rings. The second kappa shape index (κ2) is 5.39. The van der Waals surface area contributed by atoms with Crippen LogP contribution in [0.25, 0.3) is 0 Å². The largest absolute Gasteiger partial charge is 0.493 e. The van der Waals surface area contributed by atoms with Gasteiger partial charge in [-0.1, -0.05) is 15.9 Å². The molecule has 88 valence electrons. The van der Waals surface area contributed by atoms with E-state index in [9.17, 15) is 0 Å². The van der Waals surface area contributed by atoms with Gasteiger partial charge >= 0.3 is 0 Å². The van der Waals surface area contributed by atoms with Crippen LogP contribution in [-0.2, 0) is 13.0 Å². The summed E-state index contributed by atoms with van der Waals surface area (Å²) in [6.45, 7) is 3.67. The first-order valence-corrected chi connectivity index (χ1v) is 6.77. The van der Waals surface area contributed by atoms with Crippen LogP contribution in [0.3, 0.4) is 0 Å². The highest BCUT2D eigenvalue weighted by molar-refractivity contribution is 9.10. The lowest BCUT2D eigenvalue weighted by Crippen LogP contribution is -2.26. The van der Waals surface area contributed by atoms with Crippen LogP contribution in [0.1, 0.15) is 18.1 Å². The van der Waals surface area contributed by atoms with Crippen LogP contribution in [0, 0.1) is 0 Å². The Morgan fingerprint density at radius 1 is 1.56 bits per heavy atom. The molecule has 0 aromatic heterocycles. The van der Waals surface area contributed by atoms with E-state index in [0.717, 1.165) is 29.8 Å². The Hall–Kier alpha value is -0.250. The number of hydrogen-bond donors (Lipinski definition) is 1. The van der Waals surface area contributed by atoms with Crippen molar-refractivity contribution in [2.45, 2.75) is 25.9 Å². The lowest BCUT2D eigenvalue weighted by atomic mass is 10.1. The molecule has 0 saturated heterocycles. The second-order valence-electron chi connectivity index (χ2n) is 4.09. The molecule has 0 amide bonds. The number of halogens is 2. The Morgan fingerprint density at radius 2 is 2.38 bits per heavy atom. The number of benzene rings is 1. The number of nitrogens with one attached hydrogen (secondary N) is 1. The maximum atomic E-state index is 5.76. The molecule has 0 fully saturated rings. The van der Waals surface area contributed by atoms with Crippen molar-refractivity contribution in [3.63, 3.8) is 0 Å². The molecular weight excluding hydrogens is 289 g/mol. The molecule has 0 saturated carbocycles. The van der Waals surface area contributed by atoms with E-state index in [1.807, 2.05) is 0 Å². The van der Waals surface area contributed by atoms with Crippen molar-refractivity contribution in [2.75, 3.05) is 12.5 Å². The summed E-state index contributed by atoms with van der Waals surface area (Å²) in [6, 6.07) is 4.56. The summed E-state index contributed by atoms with van der Waals surface area (Å²) in [6.07, 6.45) is 1.01. The number of rotatable bonds is 4. The fraction of sp³-hybridized carbons (Fsp3) is 0.500. The summed E-state index contributed by atoms with van der Waals surface area (Å²) < 4.78 is 6.77. The summed E-state index contributed by atoms with van der Waals surface area (Å²) >= 11 is 9.29. The van der Waals surface area contributed by atoms with Crippen LogP contribution >= 0.6 is 27.5 Å². The summed E-state index contributed by atoms with van der Waals surface area (Å²) in [5.74, 6) is 1.68. The zero-order valence-electron chi connectivity index (χ0n) is 9.22. The van der Waals surface area contributed by atoms with Crippen LogP contribution in [0.4, 0.5) is 0 Å². The molecule has 0 spiro atoms. The highest BCUT2D eigenvalue weighted by atomic mass is 79.9. The first-order valence-electron chi connectivity index (χ1n) is 5.44. The Balaban J connectivity index is 2.14. The SMILES string of the molecule is CC(CCl)NCc1cc(Br)cc2c1OCC2. The van der Waals surface area contributed by atoms with Gasteiger partial charge in [0, 0.05) is 34.9 Å². The van der Waals surface area contributed by atoms with Gasteiger partial charge in [-0.3, -0.25) is 0 Å². The van der Waals surface area contributed by atoms with Crippen molar-refractivity contribution in [2.24, 2.45) is 0 Å². The number of hydrogen-bond acceptors (Lipinski definition) is 2. The number of alkyl halides is 1. The van der Waals surface area contributed by atoms with E-state index in [1.165, 1.54) is 11.1 Å². The van der Waals surface area contributed by atoms with Crippen LogP contribution in [0.5, 0.6) is 5.75 Å². The maximum Gasteiger partial charge on any atom is 0.127 e. The molecule has 1 aromatic carbocycles. The van der Waals surface area contributed by atoms with E-state index in [0.29, 0.717) is 11.9 Å². The molecule has 2 rings (SSSR count). The molecule has 16 heavy (non-hydrogen) atoms. The van der Waals surface area contributed by atoms with E-state index in [1.54, 1.807) is 0 Å². The molecule has 1 heterocycles. The monoisotopic (exact) mass is 303 g/mol. The third-order valence-electron chi connectivity index (χ3n) is 2.70. The van der Waals surface area contributed by atoms with Crippen molar-refractivity contribution in [3.8, 4) is 5.75 Å². The predicted octanol–water partition coefficient (Wildman–Crippen LogP) is 3.10. The lowest BCUT2D eigenvalue weighted by Gasteiger charge is -2.13. The molecule has 1 unspecified atom stereocenters. The van der Waals surface area contributed by atoms with Crippen LogP contribution < -0.4 is 10.1 Å². The average Bonchev–Trinajstić information content (AvgIpc) is 2.73. The minimum atomic E-state index is 0.317. The Morgan fingerprint density at radius 3 is 3.12 bits per heavy atom.